The number of nitrogens with zero attached hydrogens (tertiary/aromatic N) is 3. The predicted octanol–water partition coefficient (Wildman–Crippen LogP) is 3.45. The first kappa shape index (κ1) is 29.1. The Morgan fingerprint density at radius 3 is 2.69 bits per heavy atom. The fourth-order valence-electron chi connectivity index (χ4n) is 3.85. The molecule has 4 rings (SSSR count). The molecule has 1 saturated heterocycles. The van der Waals surface area contributed by atoms with Gasteiger partial charge in [0.2, 0.25) is 0 Å². The fraction of sp³-hybridized carbons (Fsp3) is 0.435. The summed E-state index contributed by atoms with van der Waals surface area (Å²) in [5.41, 5.74) is 5.59. The third kappa shape index (κ3) is 6.16. The van der Waals surface area contributed by atoms with Gasteiger partial charge in [0, 0.05) is 6.20 Å². The summed E-state index contributed by atoms with van der Waals surface area (Å²) in [6.07, 6.45) is -3.86. The van der Waals surface area contributed by atoms with Crippen LogP contribution in [-0.2, 0) is 23.4 Å². The van der Waals surface area contributed by atoms with Crippen LogP contribution in [-0.4, -0.2) is 61.7 Å². The van der Waals surface area contributed by atoms with E-state index in [0.717, 1.165) is 17.1 Å². The Kier molecular flexibility index (Phi) is 8.45. The molecule has 0 aliphatic carbocycles. The Hall–Kier alpha value is -2.87. The lowest BCUT2D eigenvalue weighted by atomic mass is 10.1. The molecule has 39 heavy (non-hydrogen) atoms. The van der Waals surface area contributed by atoms with Crippen molar-refractivity contribution in [1.82, 2.24) is 19.6 Å². The van der Waals surface area contributed by atoms with Crippen LogP contribution in [0, 0.1) is 5.82 Å². The maximum absolute atomic E-state index is 15.6. The molecule has 16 heteroatoms. The van der Waals surface area contributed by atoms with E-state index < -0.39 is 61.8 Å². The SMILES string of the molecule is CC(C)OC(=O)[C@H](C)NP(=O)(OC[C@H]1O[C@@H](n2cc(F)c3c(N)ncnc32)[C@@](F)(Cl)[C@@H]1O)Oc1ccccc1. The standard InChI is InChI=1S/C23H27ClF2N5O7P/c1-12(2)36-21(33)13(3)30-39(34,38-14-7-5-4-6-8-14)35-10-16-18(32)23(24,26)22(37-16)31-9-15(25)17-19(27)28-11-29-20(17)31/h4-9,11-13,16,18,22,32H,10H2,1-3H3,(H,30,34)(H2,27,28,29)/t13-,16+,18+,22+,23+,39?/m0/s1. The van der Waals surface area contributed by atoms with E-state index in [1.807, 2.05) is 0 Å². The average molecular weight is 590 g/mol. The molecule has 1 aliphatic heterocycles. The van der Waals surface area contributed by atoms with Crippen LogP contribution < -0.4 is 15.3 Å². The number of carbonyl (C=O) groups excluding carboxylic acids is 1. The van der Waals surface area contributed by atoms with Crippen molar-refractivity contribution >= 4 is 42.2 Å². The van der Waals surface area contributed by atoms with Crippen molar-refractivity contribution in [3.05, 3.63) is 48.7 Å². The molecule has 212 valence electrons. The lowest BCUT2D eigenvalue weighted by molar-refractivity contribution is -0.149. The van der Waals surface area contributed by atoms with E-state index in [1.165, 1.54) is 19.1 Å². The van der Waals surface area contributed by atoms with Crippen LogP contribution in [0.15, 0.2) is 42.9 Å². The summed E-state index contributed by atoms with van der Waals surface area (Å²) in [4.78, 5) is 19.9. The number of carbonyl (C=O) groups is 1. The first-order chi connectivity index (χ1) is 18.3. The smallest absolute Gasteiger partial charge is 0.459 e. The molecule has 3 aromatic rings. The van der Waals surface area contributed by atoms with Gasteiger partial charge in [-0.05, 0) is 32.9 Å². The van der Waals surface area contributed by atoms with E-state index in [-0.39, 0.29) is 22.6 Å². The van der Waals surface area contributed by atoms with E-state index in [4.69, 9.17) is 35.9 Å². The fourth-order valence-corrected chi connectivity index (χ4v) is 5.65. The van der Waals surface area contributed by atoms with Gasteiger partial charge in [0.05, 0.1) is 18.1 Å². The highest BCUT2D eigenvalue weighted by molar-refractivity contribution is 7.52. The van der Waals surface area contributed by atoms with Gasteiger partial charge in [-0.25, -0.2) is 23.3 Å². The molecule has 1 fully saturated rings. The molecule has 1 aromatic carbocycles. The summed E-state index contributed by atoms with van der Waals surface area (Å²) in [7, 11) is -4.36. The summed E-state index contributed by atoms with van der Waals surface area (Å²) in [5.74, 6) is -1.65. The Morgan fingerprint density at radius 1 is 1.33 bits per heavy atom. The average Bonchev–Trinajstić information content (AvgIpc) is 3.31. The minimum Gasteiger partial charge on any atom is -0.462 e. The number of halogens is 3. The summed E-state index contributed by atoms with van der Waals surface area (Å²) in [6.45, 7) is 3.96. The number of aliphatic hydroxyl groups is 1. The Labute approximate surface area is 226 Å². The molecule has 3 heterocycles. The molecule has 0 amide bonds. The van der Waals surface area contributed by atoms with E-state index in [1.54, 1.807) is 32.0 Å². The number of aromatic nitrogens is 3. The van der Waals surface area contributed by atoms with Crippen molar-refractivity contribution in [3.8, 4) is 5.75 Å². The zero-order chi connectivity index (χ0) is 28.5. The minimum absolute atomic E-state index is 0.126. The number of rotatable bonds is 10. The van der Waals surface area contributed by atoms with Gasteiger partial charge >= 0.3 is 13.7 Å². The molecule has 2 aromatic heterocycles. The number of aliphatic hydroxyl groups excluding tert-OH is 1. The summed E-state index contributed by atoms with van der Waals surface area (Å²) >= 11 is 6.02. The van der Waals surface area contributed by atoms with Crippen LogP contribution in [0.5, 0.6) is 5.75 Å². The normalized spacial score (nSPS) is 25.5. The number of para-hydroxylation sites is 1. The number of hydrogen-bond donors (Lipinski definition) is 3. The second-order valence-corrected chi connectivity index (χ2v) is 11.3. The molecular formula is C23H27ClF2N5O7P. The number of esters is 1. The van der Waals surface area contributed by atoms with Crippen LogP contribution in [0.3, 0.4) is 0 Å². The first-order valence-electron chi connectivity index (χ1n) is 11.8. The maximum atomic E-state index is 15.6. The third-order valence-corrected chi connectivity index (χ3v) is 7.71. The van der Waals surface area contributed by atoms with Gasteiger partial charge in [-0.2, -0.15) is 5.09 Å². The second kappa shape index (κ2) is 11.3. The van der Waals surface area contributed by atoms with Crippen LogP contribution >= 0.6 is 19.3 Å². The number of anilines is 1. The molecule has 12 nitrogen and oxygen atoms in total. The van der Waals surface area contributed by atoms with E-state index in [0.29, 0.717) is 0 Å². The minimum atomic E-state index is -4.36. The molecule has 0 spiro atoms. The maximum Gasteiger partial charge on any atom is 0.459 e. The zero-order valence-corrected chi connectivity index (χ0v) is 22.7. The summed E-state index contributed by atoms with van der Waals surface area (Å²) < 4.78 is 66.5. The third-order valence-electron chi connectivity index (χ3n) is 5.66. The predicted molar refractivity (Wildman–Crippen MR) is 136 cm³/mol. The van der Waals surface area contributed by atoms with E-state index in [2.05, 4.69) is 15.1 Å². The van der Waals surface area contributed by atoms with Crippen LogP contribution in [0.25, 0.3) is 11.0 Å². The largest absolute Gasteiger partial charge is 0.462 e. The highest BCUT2D eigenvalue weighted by Gasteiger charge is 2.58. The number of nitrogen functional groups attached to an aromatic ring is 1. The number of alkyl halides is 2. The van der Waals surface area contributed by atoms with Crippen molar-refractivity contribution < 1.29 is 41.8 Å². The molecule has 4 N–H and O–H groups in total. The van der Waals surface area contributed by atoms with Crippen LogP contribution in [0.2, 0.25) is 0 Å². The quantitative estimate of drug-likeness (QED) is 0.180. The second-order valence-electron chi connectivity index (χ2n) is 9.02. The Morgan fingerprint density at radius 2 is 2.03 bits per heavy atom. The van der Waals surface area contributed by atoms with Gasteiger partial charge in [-0.1, -0.05) is 29.8 Å². The van der Waals surface area contributed by atoms with Crippen molar-refractivity contribution in [2.45, 2.75) is 56.5 Å². The molecule has 1 aliphatic rings. The number of hydrogen-bond acceptors (Lipinski definition) is 10. The van der Waals surface area contributed by atoms with Crippen molar-refractivity contribution in [1.29, 1.82) is 0 Å². The summed E-state index contributed by atoms with van der Waals surface area (Å²) in [5, 5.41) is 9.93. The topological polar surface area (TPSA) is 160 Å². The van der Waals surface area contributed by atoms with Gasteiger partial charge in [0.1, 0.15) is 36.1 Å². The number of nitrogens with two attached hydrogens (primary N) is 1. The van der Waals surface area contributed by atoms with Crippen molar-refractivity contribution in [2.24, 2.45) is 0 Å². The monoisotopic (exact) mass is 589 g/mol. The van der Waals surface area contributed by atoms with E-state index >= 15 is 4.39 Å². The number of ether oxygens (including phenoxy) is 2. The number of benzene rings is 1. The van der Waals surface area contributed by atoms with Gasteiger partial charge in [0.25, 0.3) is 5.13 Å². The van der Waals surface area contributed by atoms with Gasteiger partial charge in [-0.3, -0.25) is 13.9 Å². The highest BCUT2D eigenvalue weighted by Crippen LogP contribution is 2.49. The number of nitrogens with one attached hydrogen (secondary N) is 1. The lowest BCUT2D eigenvalue weighted by Gasteiger charge is -2.25. The van der Waals surface area contributed by atoms with Crippen LogP contribution in [0.4, 0.5) is 14.6 Å². The zero-order valence-electron chi connectivity index (χ0n) is 21.0. The Bertz CT molecular complexity index is 1380. The molecule has 1 unspecified atom stereocenters. The van der Waals surface area contributed by atoms with Crippen LogP contribution in [0.1, 0.15) is 27.0 Å². The van der Waals surface area contributed by atoms with Gasteiger partial charge < -0.3 is 24.8 Å². The molecular weight excluding hydrogens is 563 g/mol. The molecule has 6 atom stereocenters. The molecule has 0 radical (unpaired) electrons. The molecule has 0 saturated carbocycles. The number of fused-ring (bicyclic) bond motifs is 1. The Balaban J connectivity index is 1.56. The molecule has 0 bridgehead atoms. The first-order valence-corrected chi connectivity index (χ1v) is 13.7. The highest BCUT2D eigenvalue weighted by atomic mass is 35.5. The lowest BCUT2D eigenvalue weighted by Crippen LogP contribution is -2.40. The summed E-state index contributed by atoms with van der Waals surface area (Å²) in [6, 6.07) is 6.79. The van der Waals surface area contributed by atoms with Gasteiger partial charge in [0.15, 0.2) is 17.7 Å². The van der Waals surface area contributed by atoms with Crippen molar-refractivity contribution in [3.63, 3.8) is 0 Å². The van der Waals surface area contributed by atoms with Crippen molar-refractivity contribution in [2.75, 3.05) is 12.3 Å². The van der Waals surface area contributed by atoms with Gasteiger partial charge in [-0.15, -0.1) is 0 Å². The van der Waals surface area contributed by atoms with E-state index in [9.17, 15) is 18.9 Å².